The average Bonchev–Trinajstić information content (AvgIpc) is 3.20. The number of hydrogen-bond donors (Lipinski definition) is 6. The molecule has 9 heteroatoms. The minimum atomic E-state index is -1.24. The fourth-order valence-electron chi connectivity index (χ4n) is 9.48. The molecule has 4 fully saturated rings. The molecule has 0 spiro atoms. The highest BCUT2D eigenvalue weighted by molar-refractivity contribution is 5.83. The minimum Gasteiger partial charge on any atom is -0.481 e. The summed E-state index contributed by atoms with van der Waals surface area (Å²) in [7, 11) is 0. The van der Waals surface area contributed by atoms with E-state index in [4.69, 9.17) is 5.11 Å². The third-order valence-corrected chi connectivity index (χ3v) is 11.6. The van der Waals surface area contributed by atoms with E-state index in [2.05, 4.69) is 26.1 Å². The molecule has 0 unspecified atom stereocenters. The van der Waals surface area contributed by atoms with Crippen molar-refractivity contribution in [2.75, 3.05) is 0 Å². The maximum Gasteiger partial charge on any atom is 0.326 e. The number of carboxylic acids is 2. The van der Waals surface area contributed by atoms with Crippen molar-refractivity contribution in [1.82, 2.24) is 5.32 Å². The fourth-order valence-corrected chi connectivity index (χ4v) is 9.48. The first-order valence-corrected chi connectivity index (χ1v) is 14.6. The number of amides is 1. The van der Waals surface area contributed by atoms with Crippen molar-refractivity contribution >= 4 is 17.8 Å². The van der Waals surface area contributed by atoms with Crippen molar-refractivity contribution in [2.45, 2.75) is 116 Å². The van der Waals surface area contributed by atoms with Crippen LogP contribution in [-0.4, -0.2) is 67.7 Å². The normalized spacial score (nSPS) is 43.7. The Balaban J connectivity index is 1.42. The standard InChI is InChI=1S/C29H47NO8/c1-15(4-8-24(34)30-21(27(37)38)7-9-25(35)36)18-5-6-19-26-20(14-23(33)29(18,19)3)28(2)11-10-17(31)12-16(28)13-22(26)32/h15-23,26,31-33H,4-14H2,1-3H3,(H,30,34)(H,35,36)(H,37,38)/t15-,16+,17-,18-,19+,20+,21+,22-,23+,26+,28+,29-/m1/s1. The number of rotatable bonds is 9. The molecule has 4 aliphatic carbocycles. The van der Waals surface area contributed by atoms with Gasteiger partial charge in [0.15, 0.2) is 0 Å². The third kappa shape index (κ3) is 5.22. The summed E-state index contributed by atoms with van der Waals surface area (Å²) in [5.41, 5.74) is -0.338. The van der Waals surface area contributed by atoms with Gasteiger partial charge < -0.3 is 30.8 Å². The van der Waals surface area contributed by atoms with Crippen LogP contribution in [0.5, 0.6) is 0 Å². The fraction of sp³-hybridized carbons (Fsp3) is 0.897. The SMILES string of the molecule is C[C@H](CCC(=O)N[C@@H](CCC(=O)O)C(=O)O)[C@H]1CC[C@H]2[C@@H]3[C@H](O)C[C@@H]4C[C@H](O)CC[C@]4(C)[C@H]3C[C@H](O)[C@]12C. The molecule has 4 aliphatic rings. The zero-order valence-corrected chi connectivity index (χ0v) is 23.0. The molecular weight excluding hydrogens is 490 g/mol. The Bertz CT molecular complexity index is 911. The number of carbonyl (C=O) groups is 3. The third-order valence-electron chi connectivity index (χ3n) is 11.6. The highest BCUT2D eigenvalue weighted by Crippen LogP contribution is 2.68. The first-order valence-electron chi connectivity index (χ1n) is 14.6. The van der Waals surface area contributed by atoms with E-state index in [1.807, 2.05) is 0 Å². The predicted molar refractivity (Wildman–Crippen MR) is 139 cm³/mol. The summed E-state index contributed by atoms with van der Waals surface area (Å²) in [5, 5.41) is 54.0. The summed E-state index contributed by atoms with van der Waals surface area (Å²) in [6.45, 7) is 6.59. The average molecular weight is 538 g/mol. The van der Waals surface area contributed by atoms with Crippen LogP contribution in [0.15, 0.2) is 0 Å². The smallest absolute Gasteiger partial charge is 0.326 e. The first kappa shape index (κ1) is 29.3. The lowest BCUT2D eigenvalue weighted by Crippen LogP contribution is -2.62. The molecule has 0 aliphatic heterocycles. The minimum absolute atomic E-state index is 0.0224. The van der Waals surface area contributed by atoms with Gasteiger partial charge in [0.05, 0.1) is 18.3 Å². The molecule has 38 heavy (non-hydrogen) atoms. The summed E-state index contributed by atoms with van der Waals surface area (Å²) in [6.07, 6.45) is 4.64. The van der Waals surface area contributed by atoms with E-state index < -0.39 is 36.1 Å². The van der Waals surface area contributed by atoms with Crippen molar-refractivity contribution in [3.8, 4) is 0 Å². The van der Waals surface area contributed by atoms with Crippen LogP contribution in [0.3, 0.4) is 0 Å². The molecule has 4 rings (SSSR count). The van der Waals surface area contributed by atoms with Gasteiger partial charge in [-0.2, -0.15) is 0 Å². The molecule has 4 saturated carbocycles. The second kappa shape index (κ2) is 11.0. The van der Waals surface area contributed by atoms with Crippen LogP contribution in [-0.2, 0) is 14.4 Å². The number of aliphatic carboxylic acids is 2. The first-order chi connectivity index (χ1) is 17.8. The van der Waals surface area contributed by atoms with E-state index in [9.17, 15) is 34.8 Å². The molecule has 216 valence electrons. The molecule has 6 N–H and O–H groups in total. The molecular formula is C29H47NO8. The Morgan fingerprint density at radius 2 is 1.63 bits per heavy atom. The van der Waals surface area contributed by atoms with Crippen molar-refractivity contribution in [1.29, 1.82) is 0 Å². The predicted octanol–water partition coefficient (Wildman–Crippen LogP) is 2.80. The van der Waals surface area contributed by atoms with Gasteiger partial charge in [0.1, 0.15) is 6.04 Å². The van der Waals surface area contributed by atoms with Crippen molar-refractivity contribution in [2.24, 2.45) is 46.3 Å². The van der Waals surface area contributed by atoms with Crippen LogP contribution in [0.1, 0.15) is 91.4 Å². The molecule has 0 heterocycles. The number of carbonyl (C=O) groups excluding carboxylic acids is 1. The van der Waals surface area contributed by atoms with Crippen LogP contribution < -0.4 is 5.32 Å². The number of aliphatic hydroxyl groups is 3. The summed E-state index contributed by atoms with van der Waals surface area (Å²) >= 11 is 0. The van der Waals surface area contributed by atoms with Gasteiger partial charge in [-0.15, -0.1) is 0 Å². The highest BCUT2D eigenvalue weighted by Gasteiger charge is 2.65. The maximum atomic E-state index is 12.5. The van der Waals surface area contributed by atoms with Crippen LogP contribution in [0.2, 0.25) is 0 Å². The second-order valence-electron chi connectivity index (χ2n) is 13.4. The van der Waals surface area contributed by atoms with E-state index in [1.165, 1.54) is 0 Å². The Hall–Kier alpha value is -1.71. The second-order valence-corrected chi connectivity index (χ2v) is 13.4. The number of hydrogen-bond acceptors (Lipinski definition) is 6. The molecule has 0 radical (unpaired) electrons. The van der Waals surface area contributed by atoms with E-state index in [-0.39, 0.29) is 71.7 Å². The quantitative estimate of drug-likeness (QED) is 0.261. The summed E-state index contributed by atoms with van der Waals surface area (Å²) in [5.74, 6) is -1.61. The molecule has 9 nitrogen and oxygen atoms in total. The monoisotopic (exact) mass is 537 g/mol. The molecule has 0 bridgehead atoms. The van der Waals surface area contributed by atoms with Gasteiger partial charge in [-0.05, 0) is 104 Å². The van der Waals surface area contributed by atoms with Crippen LogP contribution in [0, 0.1) is 46.3 Å². The lowest BCUT2D eigenvalue weighted by Gasteiger charge is -2.63. The molecule has 0 aromatic rings. The van der Waals surface area contributed by atoms with Gasteiger partial charge >= 0.3 is 11.9 Å². The summed E-state index contributed by atoms with van der Waals surface area (Å²) in [6, 6.07) is -1.22. The van der Waals surface area contributed by atoms with Gasteiger partial charge in [0, 0.05) is 12.8 Å². The lowest BCUT2D eigenvalue weighted by molar-refractivity contribution is -0.207. The number of carboxylic acid groups (broad SMARTS) is 2. The Labute approximate surface area is 225 Å². The summed E-state index contributed by atoms with van der Waals surface area (Å²) < 4.78 is 0. The van der Waals surface area contributed by atoms with E-state index in [0.29, 0.717) is 19.3 Å². The van der Waals surface area contributed by atoms with Crippen molar-refractivity contribution in [3.63, 3.8) is 0 Å². The molecule has 0 saturated heterocycles. The van der Waals surface area contributed by atoms with Gasteiger partial charge in [0.25, 0.3) is 0 Å². The van der Waals surface area contributed by atoms with E-state index >= 15 is 0 Å². The number of nitrogens with one attached hydrogen (secondary N) is 1. The van der Waals surface area contributed by atoms with E-state index in [1.54, 1.807) is 0 Å². The number of aliphatic hydroxyl groups excluding tert-OH is 3. The van der Waals surface area contributed by atoms with Crippen LogP contribution in [0.25, 0.3) is 0 Å². The molecule has 0 aromatic heterocycles. The maximum absolute atomic E-state index is 12.5. The topological polar surface area (TPSA) is 164 Å². The Morgan fingerprint density at radius 3 is 2.29 bits per heavy atom. The Morgan fingerprint density at radius 1 is 0.921 bits per heavy atom. The van der Waals surface area contributed by atoms with Gasteiger partial charge in [-0.1, -0.05) is 20.8 Å². The summed E-state index contributed by atoms with van der Waals surface area (Å²) in [4.78, 5) is 34.8. The van der Waals surface area contributed by atoms with E-state index in [0.717, 1.165) is 32.1 Å². The highest BCUT2D eigenvalue weighted by atomic mass is 16.4. The van der Waals surface area contributed by atoms with Gasteiger partial charge in [0.2, 0.25) is 5.91 Å². The molecule has 1 amide bonds. The van der Waals surface area contributed by atoms with Gasteiger partial charge in [-0.25, -0.2) is 4.79 Å². The zero-order valence-electron chi connectivity index (χ0n) is 23.0. The van der Waals surface area contributed by atoms with Gasteiger partial charge in [-0.3, -0.25) is 9.59 Å². The zero-order chi connectivity index (χ0) is 28.0. The Kier molecular flexibility index (Phi) is 8.51. The lowest BCUT2D eigenvalue weighted by atomic mass is 9.43. The van der Waals surface area contributed by atoms with Crippen LogP contribution in [0.4, 0.5) is 0 Å². The largest absolute Gasteiger partial charge is 0.481 e. The molecule has 0 aromatic carbocycles. The van der Waals surface area contributed by atoms with Crippen LogP contribution >= 0.6 is 0 Å². The molecule has 12 atom stereocenters. The van der Waals surface area contributed by atoms with Crippen molar-refractivity contribution < 1.29 is 39.9 Å². The van der Waals surface area contributed by atoms with Crippen molar-refractivity contribution in [3.05, 3.63) is 0 Å². The number of fused-ring (bicyclic) bond motifs is 5.